The zero-order valence-electron chi connectivity index (χ0n) is 20.2. The van der Waals surface area contributed by atoms with Crippen LogP contribution in [0.2, 0.25) is 0 Å². The van der Waals surface area contributed by atoms with Crippen molar-refractivity contribution < 1.29 is 82.0 Å². The van der Waals surface area contributed by atoms with Crippen LogP contribution in [0, 0.1) is 58.2 Å². The Kier molecular flexibility index (Phi) is 8.78. The molecule has 0 spiro atoms. The minimum Gasteiger partial charge on any atom is -0.426 e. The van der Waals surface area contributed by atoms with Crippen molar-refractivity contribution in [3.05, 3.63) is 81.4 Å². The van der Waals surface area contributed by atoms with Gasteiger partial charge in [0.25, 0.3) is 0 Å². The molecule has 0 aliphatic heterocycles. The lowest BCUT2D eigenvalue weighted by Gasteiger charge is -2.15. The summed E-state index contributed by atoms with van der Waals surface area (Å²) in [6.07, 6.45) is 0. The highest BCUT2D eigenvalue weighted by Gasteiger charge is 2.33. The first-order valence-corrected chi connectivity index (χ1v) is 10.5. The third kappa shape index (κ3) is 5.81. The molecule has 222 valence electrons. The van der Waals surface area contributed by atoms with Gasteiger partial charge in [0.2, 0.25) is 69.7 Å². The number of ether oxygens (including phenoxy) is 4. The smallest absolute Gasteiger partial charge is 0.347 e. The first-order valence-electron chi connectivity index (χ1n) is 10.5. The number of carbonyl (C=O) groups is 4. The topological polar surface area (TPSA) is 105 Å². The normalized spacial score (nSPS) is 10.8. The van der Waals surface area contributed by atoms with E-state index in [1.165, 1.54) is 0 Å². The van der Waals surface area contributed by atoms with Crippen molar-refractivity contribution in [3.63, 3.8) is 0 Å². The number of esters is 4. The van der Waals surface area contributed by atoms with Gasteiger partial charge in [0.15, 0.2) is 0 Å². The maximum Gasteiger partial charge on any atom is 0.347 e. The van der Waals surface area contributed by atoms with Crippen molar-refractivity contribution in [2.75, 3.05) is 0 Å². The SMILES string of the molecule is CC(=O)Oc1cc(C(=O)Oc2c(F)c(F)c(F)c(F)c2F)c(OC(C)=O)cc1C(=O)Oc1c(F)c(F)c(F)c(F)c1F. The van der Waals surface area contributed by atoms with Crippen LogP contribution < -0.4 is 18.9 Å². The molecule has 18 heteroatoms. The average molecular weight is 614 g/mol. The molecule has 3 aromatic carbocycles. The lowest BCUT2D eigenvalue weighted by atomic mass is 10.1. The number of benzene rings is 3. The standard InChI is InChI=1S/C24H8F10O8/c1-5(35)39-9-3-8(24(38)42-22-19(33)15(29)12(26)16(30)20(22)34)10(40-6(2)36)4-7(9)23(37)41-21-17(31)13(27)11(25)14(28)18(21)32/h3-4H,1-2H3. The minimum absolute atomic E-state index is 0.253. The summed E-state index contributed by atoms with van der Waals surface area (Å²) >= 11 is 0. The summed E-state index contributed by atoms with van der Waals surface area (Å²) in [5.74, 6) is -39.0. The Morgan fingerprint density at radius 1 is 0.429 bits per heavy atom. The molecule has 3 rings (SSSR count). The van der Waals surface area contributed by atoms with E-state index in [4.69, 9.17) is 0 Å². The molecule has 0 fully saturated rings. The first kappa shape index (κ1) is 31.4. The number of hydrogen-bond acceptors (Lipinski definition) is 8. The van der Waals surface area contributed by atoms with E-state index in [0.29, 0.717) is 13.8 Å². The van der Waals surface area contributed by atoms with E-state index in [1.807, 2.05) is 0 Å². The highest BCUT2D eigenvalue weighted by atomic mass is 19.2. The minimum atomic E-state index is -2.61. The first-order chi connectivity index (χ1) is 19.5. The van der Waals surface area contributed by atoms with E-state index in [9.17, 15) is 63.1 Å². The Balaban J connectivity index is 2.18. The molecule has 0 radical (unpaired) electrons. The van der Waals surface area contributed by atoms with Gasteiger partial charge in [0.1, 0.15) is 22.6 Å². The van der Waals surface area contributed by atoms with Crippen LogP contribution in [0.15, 0.2) is 12.1 Å². The number of rotatable bonds is 6. The molecule has 3 aromatic rings. The van der Waals surface area contributed by atoms with Crippen molar-refractivity contribution in [3.8, 4) is 23.0 Å². The lowest BCUT2D eigenvalue weighted by Crippen LogP contribution is -2.19. The van der Waals surface area contributed by atoms with Gasteiger partial charge in [-0.1, -0.05) is 0 Å². The van der Waals surface area contributed by atoms with Crippen LogP contribution in [-0.2, 0) is 9.59 Å². The van der Waals surface area contributed by atoms with Crippen LogP contribution in [-0.4, -0.2) is 23.9 Å². The van der Waals surface area contributed by atoms with E-state index < -0.39 is 116 Å². The van der Waals surface area contributed by atoms with Crippen molar-refractivity contribution in [1.82, 2.24) is 0 Å². The second-order valence-electron chi connectivity index (χ2n) is 7.61. The van der Waals surface area contributed by atoms with Gasteiger partial charge in [-0.05, 0) is 0 Å². The maximum atomic E-state index is 14.0. The Morgan fingerprint density at radius 2 is 0.667 bits per heavy atom. The van der Waals surface area contributed by atoms with Crippen molar-refractivity contribution >= 4 is 23.9 Å². The summed E-state index contributed by atoms with van der Waals surface area (Å²) in [5, 5.41) is 0. The van der Waals surface area contributed by atoms with E-state index in [2.05, 4.69) is 18.9 Å². The van der Waals surface area contributed by atoms with Crippen molar-refractivity contribution in [2.45, 2.75) is 13.8 Å². The largest absolute Gasteiger partial charge is 0.426 e. The highest BCUT2D eigenvalue weighted by Crippen LogP contribution is 2.35. The molecule has 0 aromatic heterocycles. The molecule has 0 unspecified atom stereocenters. The average Bonchev–Trinajstić information content (AvgIpc) is 2.93. The van der Waals surface area contributed by atoms with Crippen molar-refractivity contribution in [1.29, 1.82) is 0 Å². The third-order valence-corrected chi connectivity index (χ3v) is 4.76. The number of carbonyl (C=O) groups excluding carboxylic acids is 4. The predicted octanol–water partition coefficient (Wildman–Crippen LogP) is 5.37. The van der Waals surface area contributed by atoms with E-state index in [1.54, 1.807) is 0 Å². The monoisotopic (exact) mass is 614 g/mol. The summed E-state index contributed by atoms with van der Waals surface area (Å²) < 4.78 is 154. The number of halogens is 10. The van der Waals surface area contributed by atoms with Crippen LogP contribution in [0.5, 0.6) is 23.0 Å². The molecule has 0 saturated heterocycles. The fourth-order valence-corrected chi connectivity index (χ4v) is 3.00. The molecule has 0 amide bonds. The van der Waals surface area contributed by atoms with Gasteiger partial charge in [-0.3, -0.25) is 9.59 Å². The molecule has 0 atom stereocenters. The molecule has 0 N–H and O–H groups in total. The molecule has 0 bridgehead atoms. The Morgan fingerprint density at radius 3 is 0.905 bits per heavy atom. The van der Waals surface area contributed by atoms with Crippen LogP contribution in [0.25, 0.3) is 0 Å². The second kappa shape index (κ2) is 11.8. The van der Waals surface area contributed by atoms with E-state index in [0.717, 1.165) is 0 Å². The fraction of sp³-hybridized carbons (Fsp3) is 0.0833. The summed E-state index contributed by atoms with van der Waals surface area (Å²) in [7, 11) is 0. The van der Waals surface area contributed by atoms with Gasteiger partial charge >= 0.3 is 23.9 Å². The van der Waals surface area contributed by atoms with E-state index in [-0.39, 0.29) is 12.1 Å². The summed E-state index contributed by atoms with van der Waals surface area (Å²) in [4.78, 5) is 48.5. The molecule has 42 heavy (non-hydrogen) atoms. The van der Waals surface area contributed by atoms with Crippen molar-refractivity contribution in [2.24, 2.45) is 0 Å². The molecule has 0 saturated carbocycles. The van der Waals surface area contributed by atoms with Crippen LogP contribution in [0.4, 0.5) is 43.9 Å². The Bertz CT molecular complexity index is 1510. The molecule has 8 nitrogen and oxygen atoms in total. The Hall–Kier alpha value is -5.16. The summed E-state index contributed by atoms with van der Waals surface area (Å²) in [6.45, 7) is 1.37. The third-order valence-electron chi connectivity index (χ3n) is 4.76. The zero-order chi connectivity index (χ0) is 31.8. The van der Waals surface area contributed by atoms with Gasteiger partial charge < -0.3 is 18.9 Å². The maximum absolute atomic E-state index is 14.0. The molecular weight excluding hydrogens is 606 g/mol. The zero-order valence-corrected chi connectivity index (χ0v) is 20.2. The number of hydrogen-bond donors (Lipinski definition) is 0. The predicted molar refractivity (Wildman–Crippen MR) is 111 cm³/mol. The Labute approximate surface area is 224 Å². The highest BCUT2D eigenvalue weighted by molar-refractivity contribution is 6.01. The van der Waals surface area contributed by atoms with Gasteiger partial charge in [0, 0.05) is 26.0 Å². The van der Waals surface area contributed by atoms with Gasteiger partial charge in [-0.25, -0.2) is 35.9 Å². The molecule has 0 aliphatic carbocycles. The molecule has 0 heterocycles. The fourth-order valence-electron chi connectivity index (χ4n) is 3.00. The van der Waals surface area contributed by atoms with Gasteiger partial charge in [0.05, 0.1) is 0 Å². The molecule has 0 aliphatic rings. The van der Waals surface area contributed by atoms with Gasteiger partial charge in [-0.2, -0.15) is 17.6 Å². The second-order valence-corrected chi connectivity index (χ2v) is 7.61. The summed E-state index contributed by atoms with van der Waals surface area (Å²) in [5.41, 5.74) is -2.39. The van der Waals surface area contributed by atoms with Gasteiger partial charge in [-0.15, -0.1) is 0 Å². The lowest BCUT2D eigenvalue weighted by molar-refractivity contribution is -0.133. The van der Waals surface area contributed by atoms with E-state index >= 15 is 0 Å². The van der Waals surface area contributed by atoms with Crippen LogP contribution in [0.3, 0.4) is 0 Å². The van der Waals surface area contributed by atoms with Crippen LogP contribution in [0.1, 0.15) is 34.6 Å². The summed E-state index contributed by atoms with van der Waals surface area (Å²) in [6, 6.07) is 0.506. The molecular formula is C24H8F10O8. The van der Waals surface area contributed by atoms with Crippen LogP contribution >= 0.6 is 0 Å². The quantitative estimate of drug-likeness (QED) is 0.120.